The summed E-state index contributed by atoms with van der Waals surface area (Å²) in [5, 5.41) is 5.63. The molecule has 2 atom stereocenters. The minimum atomic E-state index is -0.256. The molecule has 36 heavy (non-hydrogen) atoms. The lowest BCUT2D eigenvalue weighted by atomic mass is 9.87. The van der Waals surface area contributed by atoms with E-state index in [-0.39, 0.29) is 17.6 Å². The number of benzene rings is 3. The van der Waals surface area contributed by atoms with E-state index in [1.807, 2.05) is 0 Å². The van der Waals surface area contributed by atoms with Gasteiger partial charge in [0.15, 0.2) is 0 Å². The van der Waals surface area contributed by atoms with Gasteiger partial charge in [0.1, 0.15) is 5.82 Å². The van der Waals surface area contributed by atoms with Crippen LogP contribution in [0.4, 0.5) is 4.39 Å². The number of hydrogen-bond acceptors (Lipinski definition) is 4. The van der Waals surface area contributed by atoms with Crippen LogP contribution in [-0.2, 0) is 17.9 Å². The van der Waals surface area contributed by atoms with E-state index in [1.165, 1.54) is 28.5 Å². The van der Waals surface area contributed by atoms with E-state index in [4.69, 9.17) is 0 Å². The van der Waals surface area contributed by atoms with E-state index in [0.717, 1.165) is 64.3 Å². The number of nitrogens with one attached hydrogen (secondary N) is 1. The van der Waals surface area contributed by atoms with Crippen LogP contribution in [0.2, 0.25) is 0 Å². The minimum Gasteiger partial charge on any atom is -0.352 e. The van der Waals surface area contributed by atoms with Gasteiger partial charge in [-0.05, 0) is 59.5 Å². The first-order valence-electron chi connectivity index (χ1n) is 13.1. The lowest BCUT2D eigenvalue weighted by Gasteiger charge is -2.41. The number of carbonyl (C=O) groups is 1. The van der Waals surface area contributed by atoms with Gasteiger partial charge in [0.05, 0.1) is 5.92 Å². The van der Waals surface area contributed by atoms with Crippen LogP contribution >= 0.6 is 0 Å². The van der Waals surface area contributed by atoms with Crippen molar-refractivity contribution in [3.8, 4) is 0 Å². The quantitative estimate of drug-likeness (QED) is 0.546. The zero-order valence-electron chi connectivity index (χ0n) is 21.2. The standard InChI is InChI=1S/C30H37FN4O/c1-33-12-14-34(15-13-33)20-25-17-28(30(36)32-18-23-7-10-29(31)11-8-23)22-35(21-25)19-24-6-9-26-4-2-3-5-27(26)16-24/h2-11,16,25,28H,12-15,17-22H2,1H3,(H,32,36)/t25-,28-/m1/s1. The maximum absolute atomic E-state index is 13.3. The molecular weight excluding hydrogens is 451 g/mol. The third kappa shape index (κ3) is 6.49. The number of hydrogen-bond donors (Lipinski definition) is 1. The zero-order valence-corrected chi connectivity index (χ0v) is 21.2. The maximum atomic E-state index is 13.3. The second-order valence-electron chi connectivity index (χ2n) is 10.6. The van der Waals surface area contributed by atoms with Crippen molar-refractivity contribution in [3.63, 3.8) is 0 Å². The molecule has 2 heterocycles. The average molecular weight is 489 g/mol. The molecule has 0 spiro atoms. The Hall–Kier alpha value is -2.80. The number of carbonyl (C=O) groups excluding carboxylic acids is 1. The van der Waals surface area contributed by atoms with Crippen molar-refractivity contribution < 1.29 is 9.18 Å². The molecule has 2 aliphatic heterocycles. The largest absolute Gasteiger partial charge is 0.352 e. The Labute approximate surface area is 213 Å². The SMILES string of the molecule is CN1CCN(C[C@H]2C[C@@H](C(=O)NCc3ccc(F)cc3)CN(Cc3ccc4ccccc4c3)C2)CC1. The third-order valence-corrected chi connectivity index (χ3v) is 7.70. The molecule has 2 aliphatic rings. The van der Waals surface area contributed by atoms with Crippen molar-refractivity contribution in [1.29, 1.82) is 0 Å². The molecule has 6 heteroatoms. The van der Waals surface area contributed by atoms with E-state index in [2.05, 4.69) is 69.5 Å². The number of piperazine rings is 1. The summed E-state index contributed by atoms with van der Waals surface area (Å²) in [4.78, 5) is 20.7. The number of halogens is 1. The average Bonchev–Trinajstić information content (AvgIpc) is 2.89. The van der Waals surface area contributed by atoms with Gasteiger partial charge in [0, 0.05) is 58.9 Å². The third-order valence-electron chi connectivity index (χ3n) is 7.70. The van der Waals surface area contributed by atoms with Gasteiger partial charge in [-0.1, -0.05) is 48.5 Å². The summed E-state index contributed by atoms with van der Waals surface area (Å²) in [7, 11) is 2.19. The van der Waals surface area contributed by atoms with Crippen molar-refractivity contribution in [2.75, 3.05) is 52.9 Å². The Morgan fingerprint density at radius 2 is 1.61 bits per heavy atom. The monoisotopic (exact) mass is 488 g/mol. The van der Waals surface area contributed by atoms with Crippen LogP contribution in [0.25, 0.3) is 10.8 Å². The van der Waals surface area contributed by atoms with Gasteiger partial charge in [-0.15, -0.1) is 0 Å². The van der Waals surface area contributed by atoms with E-state index in [1.54, 1.807) is 12.1 Å². The molecule has 2 fully saturated rings. The number of piperidine rings is 1. The maximum Gasteiger partial charge on any atom is 0.224 e. The first-order valence-corrected chi connectivity index (χ1v) is 13.1. The highest BCUT2D eigenvalue weighted by Gasteiger charge is 2.33. The lowest BCUT2D eigenvalue weighted by molar-refractivity contribution is -0.128. The van der Waals surface area contributed by atoms with E-state index >= 15 is 0 Å². The molecule has 5 nitrogen and oxygen atoms in total. The summed E-state index contributed by atoms with van der Waals surface area (Å²) in [5.74, 6) is 0.264. The Balaban J connectivity index is 1.26. The second-order valence-corrected chi connectivity index (χ2v) is 10.6. The van der Waals surface area contributed by atoms with Gasteiger partial charge >= 0.3 is 0 Å². The normalized spacial score (nSPS) is 22.1. The number of rotatable bonds is 7. The van der Waals surface area contributed by atoms with Gasteiger partial charge in [-0.2, -0.15) is 0 Å². The molecule has 0 aromatic heterocycles. The molecular formula is C30H37FN4O. The van der Waals surface area contributed by atoms with Gasteiger partial charge < -0.3 is 15.1 Å². The zero-order chi connectivity index (χ0) is 24.9. The Bertz CT molecular complexity index is 1160. The molecule has 0 unspecified atom stereocenters. The molecule has 1 amide bonds. The van der Waals surface area contributed by atoms with E-state index in [0.29, 0.717) is 12.5 Å². The van der Waals surface area contributed by atoms with Crippen molar-refractivity contribution in [1.82, 2.24) is 20.0 Å². The molecule has 3 aromatic carbocycles. The topological polar surface area (TPSA) is 38.8 Å². The van der Waals surface area contributed by atoms with Crippen LogP contribution in [0.3, 0.4) is 0 Å². The Morgan fingerprint density at radius 3 is 2.39 bits per heavy atom. The van der Waals surface area contributed by atoms with Crippen LogP contribution in [0, 0.1) is 17.7 Å². The van der Waals surface area contributed by atoms with Gasteiger partial charge in [-0.25, -0.2) is 4.39 Å². The van der Waals surface area contributed by atoms with Crippen LogP contribution < -0.4 is 5.32 Å². The molecule has 0 aliphatic carbocycles. The second kappa shape index (κ2) is 11.5. The summed E-state index contributed by atoms with van der Waals surface area (Å²) in [6.07, 6.45) is 0.913. The molecule has 5 rings (SSSR count). The van der Waals surface area contributed by atoms with Crippen LogP contribution in [-0.4, -0.2) is 73.5 Å². The molecule has 1 N–H and O–H groups in total. The molecule has 190 valence electrons. The van der Waals surface area contributed by atoms with Crippen molar-refractivity contribution >= 4 is 16.7 Å². The fraction of sp³-hybridized carbons (Fsp3) is 0.433. The number of likely N-dealkylation sites (tertiary alicyclic amines) is 1. The summed E-state index contributed by atoms with van der Waals surface area (Å²) in [6.45, 7) is 8.52. The minimum absolute atomic E-state index is 0.0443. The van der Waals surface area contributed by atoms with Gasteiger partial charge in [-0.3, -0.25) is 9.69 Å². The summed E-state index contributed by atoms with van der Waals surface area (Å²) in [5.41, 5.74) is 2.21. The first-order chi connectivity index (χ1) is 17.5. The molecule has 3 aromatic rings. The number of nitrogens with zero attached hydrogens (tertiary/aromatic N) is 3. The number of fused-ring (bicyclic) bond motifs is 1. The summed E-state index contributed by atoms with van der Waals surface area (Å²) < 4.78 is 13.2. The van der Waals surface area contributed by atoms with Gasteiger partial charge in [0.2, 0.25) is 5.91 Å². The molecule has 0 radical (unpaired) electrons. The number of likely N-dealkylation sites (N-methyl/N-ethyl adjacent to an activating group) is 1. The van der Waals surface area contributed by atoms with E-state index < -0.39 is 0 Å². The fourth-order valence-electron chi connectivity index (χ4n) is 5.68. The predicted molar refractivity (Wildman–Crippen MR) is 143 cm³/mol. The summed E-state index contributed by atoms with van der Waals surface area (Å²) >= 11 is 0. The van der Waals surface area contributed by atoms with Crippen molar-refractivity contribution in [2.45, 2.75) is 19.5 Å². The summed E-state index contributed by atoms with van der Waals surface area (Å²) in [6, 6.07) is 21.5. The van der Waals surface area contributed by atoms with Crippen LogP contribution in [0.15, 0.2) is 66.7 Å². The van der Waals surface area contributed by atoms with Gasteiger partial charge in [0.25, 0.3) is 0 Å². The highest BCUT2D eigenvalue weighted by atomic mass is 19.1. The number of amides is 1. The Kier molecular flexibility index (Phi) is 7.95. The van der Waals surface area contributed by atoms with Crippen molar-refractivity contribution in [3.05, 3.63) is 83.7 Å². The van der Waals surface area contributed by atoms with E-state index in [9.17, 15) is 9.18 Å². The molecule has 0 saturated carbocycles. The smallest absolute Gasteiger partial charge is 0.224 e. The highest BCUT2D eigenvalue weighted by molar-refractivity contribution is 5.83. The highest BCUT2D eigenvalue weighted by Crippen LogP contribution is 2.26. The Morgan fingerprint density at radius 1 is 0.889 bits per heavy atom. The fourth-order valence-corrected chi connectivity index (χ4v) is 5.68. The molecule has 0 bridgehead atoms. The van der Waals surface area contributed by atoms with Crippen LogP contribution in [0.5, 0.6) is 0 Å². The predicted octanol–water partition coefficient (Wildman–Crippen LogP) is 3.98. The van der Waals surface area contributed by atoms with Crippen molar-refractivity contribution in [2.24, 2.45) is 11.8 Å². The van der Waals surface area contributed by atoms with Crippen LogP contribution in [0.1, 0.15) is 17.5 Å². The first kappa shape index (κ1) is 24.9. The molecule has 2 saturated heterocycles. The lowest BCUT2D eigenvalue weighted by Crippen LogP contribution is -2.51.